The second kappa shape index (κ2) is 7.31. The molecule has 0 radical (unpaired) electrons. The second-order valence-electron chi connectivity index (χ2n) is 6.79. The highest BCUT2D eigenvalue weighted by Crippen LogP contribution is 2.28. The molecule has 0 spiro atoms. The van der Waals surface area contributed by atoms with Crippen molar-refractivity contribution in [2.24, 2.45) is 5.10 Å². The quantitative estimate of drug-likeness (QED) is 0.608. The largest absolute Gasteiger partial charge is 0.421 e. The van der Waals surface area contributed by atoms with Crippen LogP contribution in [-0.4, -0.2) is 18.2 Å². The zero-order chi connectivity index (χ0) is 17.7. The van der Waals surface area contributed by atoms with Gasteiger partial charge in [-0.2, -0.15) is 15.3 Å². The van der Waals surface area contributed by atoms with Crippen LogP contribution in [0.2, 0.25) is 0 Å². The smallest absolute Gasteiger partial charge is 0.254 e. The Balaban J connectivity index is 2.18. The minimum Gasteiger partial charge on any atom is -0.421 e. The first-order valence-corrected chi connectivity index (χ1v) is 8.13. The molecule has 126 valence electrons. The molecule has 0 atom stereocenters. The normalized spacial score (nSPS) is 11.7. The number of anilines is 1. The van der Waals surface area contributed by atoms with Crippen LogP contribution >= 0.6 is 0 Å². The van der Waals surface area contributed by atoms with Crippen molar-refractivity contribution < 1.29 is 4.42 Å². The number of hydrogen-bond donors (Lipinski definition) is 0. The maximum Gasteiger partial charge on any atom is 0.254 e. The summed E-state index contributed by atoms with van der Waals surface area (Å²) in [4.78, 5) is 4.26. The fourth-order valence-electron chi connectivity index (χ4n) is 2.19. The number of aromatic nitrogens is 1. The minimum absolute atomic E-state index is 0.248. The van der Waals surface area contributed by atoms with Crippen LogP contribution in [-0.2, 0) is 11.8 Å². The van der Waals surface area contributed by atoms with E-state index >= 15 is 0 Å². The van der Waals surface area contributed by atoms with Gasteiger partial charge in [-0.15, -0.1) is 0 Å². The van der Waals surface area contributed by atoms with Crippen molar-refractivity contribution in [1.82, 2.24) is 4.98 Å². The van der Waals surface area contributed by atoms with Crippen LogP contribution in [0.15, 0.2) is 33.8 Å². The van der Waals surface area contributed by atoms with Crippen molar-refractivity contribution in [2.75, 3.05) is 12.1 Å². The number of rotatable bonds is 5. The Morgan fingerprint density at radius 1 is 1.29 bits per heavy atom. The van der Waals surface area contributed by atoms with Crippen molar-refractivity contribution in [1.29, 1.82) is 5.26 Å². The zero-order valence-corrected chi connectivity index (χ0v) is 15.0. The van der Waals surface area contributed by atoms with E-state index in [2.05, 4.69) is 35.2 Å². The van der Waals surface area contributed by atoms with Gasteiger partial charge < -0.3 is 4.42 Å². The van der Waals surface area contributed by atoms with Crippen LogP contribution in [0.25, 0.3) is 0 Å². The number of nitriles is 1. The van der Waals surface area contributed by atoms with Crippen LogP contribution in [0.1, 0.15) is 56.8 Å². The van der Waals surface area contributed by atoms with Gasteiger partial charge in [0.15, 0.2) is 0 Å². The molecule has 0 N–H and O–H groups in total. The molecule has 24 heavy (non-hydrogen) atoms. The fourth-order valence-corrected chi connectivity index (χ4v) is 2.19. The Morgan fingerprint density at radius 2 is 1.96 bits per heavy atom. The maximum atomic E-state index is 9.26. The lowest BCUT2D eigenvalue weighted by atomic mass is 9.97. The molecule has 0 saturated heterocycles. The number of hydrazone groups is 1. The summed E-state index contributed by atoms with van der Waals surface area (Å²) >= 11 is 0. The first kappa shape index (κ1) is 17.7. The Bertz CT molecular complexity index is 745. The predicted molar refractivity (Wildman–Crippen MR) is 96.4 cm³/mol. The molecule has 0 bridgehead atoms. The van der Waals surface area contributed by atoms with Gasteiger partial charge in [0.05, 0.1) is 6.21 Å². The van der Waals surface area contributed by atoms with E-state index < -0.39 is 0 Å². The number of hydrogen-bond acceptors (Lipinski definition) is 5. The summed E-state index contributed by atoms with van der Waals surface area (Å²) in [7, 11) is 1.75. The Hall–Kier alpha value is -2.61. The fraction of sp³-hybridized carbons (Fsp3) is 0.421. The van der Waals surface area contributed by atoms with Gasteiger partial charge in [-0.1, -0.05) is 58.4 Å². The van der Waals surface area contributed by atoms with E-state index in [-0.39, 0.29) is 11.1 Å². The summed E-state index contributed by atoms with van der Waals surface area (Å²) < 4.78 is 5.75. The van der Waals surface area contributed by atoms with Crippen LogP contribution < -0.4 is 5.01 Å². The summed E-state index contributed by atoms with van der Waals surface area (Å²) in [6, 6.07) is 10.4. The van der Waals surface area contributed by atoms with E-state index in [0.29, 0.717) is 11.8 Å². The topological polar surface area (TPSA) is 65.4 Å². The molecular formula is C19H24N4O. The van der Waals surface area contributed by atoms with Crippen LogP contribution in [0.3, 0.4) is 0 Å². The van der Waals surface area contributed by atoms with E-state index in [1.807, 2.05) is 32.9 Å². The van der Waals surface area contributed by atoms with E-state index in [0.717, 1.165) is 18.4 Å². The summed E-state index contributed by atoms with van der Waals surface area (Å²) in [5.74, 6) is 0.890. The van der Waals surface area contributed by atoms with E-state index in [1.54, 1.807) is 18.3 Å². The van der Waals surface area contributed by atoms with Gasteiger partial charge in [-0.25, -0.2) is 5.01 Å². The van der Waals surface area contributed by atoms with Crippen molar-refractivity contribution in [3.8, 4) is 6.07 Å². The summed E-state index contributed by atoms with van der Waals surface area (Å²) in [5, 5.41) is 15.2. The highest BCUT2D eigenvalue weighted by Gasteiger charge is 2.25. The molecule has 0 aliphatic heterocycles. The molecule has 2 aromatic rings. The molecule has 1 aromatic heterocycles. The van der Waals surface area contributed by atoms with Gasteiger partial charge in [0, 0.05) is 12.5 Å². The predicted octanol–water partition coefficient (Wildman–Crippen LogP) is 4.27. The third-order valence-corrected chi connectivity index (χ3v) is 3.55. The molecule has 0 aliphatic carbocycles. The average molecular weight is 324 g/mol. The molecule has 2 rings (SSSR count). The summed E-state index contributed by atoms with van der Waals surface area (Å²) in [6.07, 6.45) is 3.96. The van der Waals surface area contributed by atoms with Crippen molar-refractivity contribution in [3.05, 3.63) is 47.0 Å². The van der Waals surface area contributed by atoms with Gasteiger partial charge in [-0.05, 0) is 17.5 Å². The van der Waals surface area contributed by atoms with Crippen molar-refractivity contribution in [3.63, 3.8) is 0 Å². The molecule has 1 heterocycles. The SMILES string of the molecule is CCCc1ccc(C=NN(C)c2oc(C(C)(C)C)nc2C#N)cc1. The Labute approximate surface area is 143 Å². The monoisotopic (exact) mass is 324 g/mol. The average Bonchev–Trinajstić information content (AvgIpc) is 2.99. The highest BCUT2D eigenvalue weighted by molar-refractivity contribution is 5.80. The van der Waals surface area contributed by atoms with Gasteiger partial charge in [0.25, 0.3) is 5.88 Å². The number of aryl methyl sites for hydroxylation is 1. The van der Waals surface area contributed by atoms with Crippen LogP contribution in [0.5, 0.6) is 0 Å². The molecule has 0 fully saturated rings. The lowest BCUT2D eigenvalue weighted by molar-refractivity contribution is 0.394. The first-order valence-electron chi connectivity index (χ1n) is 8.13. The van der Waals surface area contributed by atoms with Gasteiger partial charge in [-0.3, -0.25) is 0 Å². The molecule has 5 heteroatoms. The summed E-state index contributed by atoms with van der Waals surface area (Å²) in [5.41, 5.74) is 2.30. The lowest BCUT2D eigenvalue weighted by Crippen LogP contribution is -2.11. The first-order chi connectivity index (χ1) is 11.3. The second-order valence-corrected chi connectivity index (χ2v) is 6.79. The molecule has 0 amide bonds. The highest BCUT2D eigenvalue weighted by atomic mass is 16.4. The van der Waals surface area contributed by atoms with Crippen molar-refractivity contribution >= 4 is 12.1 Å². The number of oxazole rings is 1. The van der Waals surface area contributed by atoms with E-state index in [1.165, 1.54) is 5.56 Å². The third kappa shape index (κ3) is 4.23. The van der Waals surface area contributed by atoms with Gasteiger partial charge >= 0.3 is 0 Å². The van der Waals surface area contributed by atoms with E-state index in [9.17, 15) is 5.26 Å². The Morgan fingerprint density at radius 3 is 2.50 bits per heavy atom. The lowest BCUT2D eigenvalue weighted by Gasteiger charge is -2.13. The molecule has 1 aromatic carbocycles. The molecule has 0 saturated carbocycles. The van der Waals surface area contributed by atoms with Crippen LogP contribution in [0, 0.1) is 11.3 Å². The molecular weight excluding hydrogens is 300 g/mol. The molecule has 5 nitrogen and oxygen atoms in total. The maximum absolute atomic E-state index is 9.26. The van der Waals surface area contributed by atoms with E-state index in [4.69, 9.17) is 4.42 Å². The number of benzene rings is 1. The minimum atomic E-state index is -0.260. The molecule has 0 unspecified atom stereocenters. The van der Waals surface area contributed by atoms with Gasteiger partial charge in [0.1, 0.15) is 6.07 Å². The van der Waals surface area contributed by atoms with Crippen molar-refractivity contribution in [2.45, 2.75) is 46.0 Å². The number of nitrogens with zero attached hydrogens (tertiary/aromatic N) is 4. The zero-order valence-electron chi connectivity index (χ0n) is 15.0. The summed E-state index contributed by atoms with van der Waals surface area (Å²) in [6.45, 7) is 8.14. The van der Waals surface area contributed by atoms with Crippen LogP contribution in [0.4, 0.5) is 5.88 Å². The third-order valence-electron chi connectivity index (χ3n) is 3.55. The molecule has 0 aliphatic rings. The standard InChI is InChI=1S/C19H24N4O/c1-6-7-14-8-10-15(11-9-14)13-21-23(5)17-16(12-20)22-18(24-17)19(2,3)4/h8-11,13H,6-7H2,1-5H3. The van der Waals surface area contributed by atoms with Gasteiger partial charge in [0.2, 0.25) is 11.6 Å². The Kier molecular flexibility index (Phi) is 5.40.